The lowest BCUT2D eigenvalue weighted by molar-refractivity contribution is 0.831. The largest absolute Gasteiger partial charge is 0.246 e. The summed E-state index contributed by atoms with van der Waals surface area (Å²) in [5, 5.41) is 12.7. The summed E-state index contributed by atoms with van der Waals surface area (Å²) in [5.74, 6) is 0. The lowest BCUT2D eigenvalue weighted by Gasteiger charge is -2.21. The number of hydrogen-bond acceptors (Lipinski definition) is 3. The average molecular weight is 197 g/mol. The van der Waals surface area contributed by atoms with E-state index in [4.69, 9.17) is 0 Å². The highest BCUT2D eigenvalue weighted by Gasteiger charge is 2.14. The third-order valence-corrected chi connectivity index (χ3v) is 2.70. The van der Waals surface area contributed by atoms with Crippen molar-refractivity contribution in [3.05, 3.63) is 36.4 Å². The molecule has 0 amide bonds. The number of rotatable bonds is 1. The lowest BCUT2D eigenvalue weighted by atomic mass is 10.1. The maximum Gasteiger partial charge on any atom is 0.0974 e. The van der Waals surface area contributed by atoms with Gasteiger partial charge in [-0.2, -0.15) is 0 Å². The summed E-state index contributed by atoms with van der Waals surface area (Å²) in [7, 11) is 0. The smallest absolute Gasteiger partial charge is 0.0974 e. The number of hydrogen-bond donors (Lipinski definition) is 0. The van der Waals surface area contributed by atoms with Gasteiger partial charge in [0, 0.05) is 11.9 Å². The molecule has 0 saturated carbocycles. The van der Waals surface area contributed by atoms with Gasteiger partial charge in [-0.05, 0) is 24.4 Å². The zero-order valence-electron chi connectivity index (χ0n) is 8.51. The first kappa shape index (κ1) is 8.41. The quantitative estimate of drug-likeness (QED) is 0.685. The van der Waals surface area contributed by atoms with Crippen LogP contribution in [0.1, 0.15) is 6.92 Å². The van der Waals surface area contributed by atoms with E-state index in [9.17, 15) is 0 Å². The SMILES string of the molecule is CCN1N=Nc2cccc3cccc1c23. The van der Waals surface area contributed by atoms with Crippen LogP contribution in [0.25, 0.3) is 10.8 Å². The van der Waals surface area contributed by atoms with Crippen LogP contribution in [-0.2, 0) is 0 Å². The third kappa shape index (κ3) is 1.13. The second-order valence-electron chi connectivity index (χ2n) is 3.56. The molecule has 15 heavy (non-hydrogen) atoms. The van der Waals surface area contributed by atoms with Gasteiger partial charge in [0.25, 0.3) is 0 Å². The van der Waals surface area contributed by atoms with Crippen molar-refractivity contribution in [1.82, 2.24) is 0 Å². The Labute approximate surface area is 88.0 Å². The number of anilines is 1. The second-order valence-corrected chi connectivity index (χ2v) is 3.56. The van der Waals surface area contributed by atoms with Crippen LogP contribution in [0.5, 0.6) is 0 Å². The molecule has 74 valence electrons. The first-order valence-electron chi connectivity index (χ1n) is 5.11. The highest BCUT2D eigenvalue weighted by molar-refractivity contribution is 6.02. The van der Waals surface area contributed by atoms with Crippen LogP contribution in [0.15, 0.2) is 46.7 Å². The molecule has 3 nitrogen and oxygen atoms in total. The molecule has 0 aromatic heterocycles. The molecular weight excluding hydrogens is 186 g/mol. The van der Waals surface area contributed by atoms with Crippen molar-refractivity contribution in [3.63, 3.8) is 0 Å². The van der Waals surface area contributed by atoms with Gasteiger partial charge in [0.2, 0.25) is 0 Å². The summed E-state index contributed by atoms with van der Waals surface area (Å²) < 4.78 is 0. The summed E-state index contributed by atoms with van der Waals surface area (Å²) in [6.45, 7) is 2.92. The van der Waals surface area contributed by atoms with Crippen LogP contribution >= 0.6 is 0 Å². The molecule has 1 aliphatic rings. The normalized spacial score (nSPS) is 13.5. The fraction of sp³-hybridized carbons (Fsp3) is 0.167. The molecule has 0 bridgehead atoms. The predicted octanol–water partition coefficient (Wildman–Crippen LogP) is 3.68. The molecule has 3 heteroatoms. The van der Waals surface area contributed by atoms with Crippen molar-refractivity contribution in [1.29, 1.82) is 0 Å². The van der Waals surface area contributed by atoms with Gasteiger partial charge >= 0.3 is 0 Å². The molecule has 0 fully saturated rings. The first-order chi connectivity index (χ1) is 7.40. The highest BCUT2D eigenvalue weighted by atomic mass is 15.5. The minimum Gasteiger partial charge on any atom is -0.246 e. The van der Waals surface area contributed by atoms with E-state index < -0.39 is 0 Å². The van der Waals surface area contributed by atoms with Crippen LogP contribution in [0.2, 0.25) is 0 Å². The van der Waals surface area contributed by atoms with E-state index in [1.54, 1.807) is 0 Å². The van der Waals surface area contributed by atoms with E-state index in [1.807, 2.05) is 17.1 Å². The van der Waals surface area contributed by atoms with Crippen molar-refractivity contribution in [2.75, 3.05) is 11.6 Å². The average Bonchev–Trinajstić information content (AvgIpc) is 2.30. The Morgan fingerprint density at radius 1 is 1.13 bits per heavy atom. The van der Waals surface area contributed by atoms with E-state index in [-0.39, 0.29) is 0 Å². The zero-order chi connectivity index (χ0) is 10.3. The van der Waals surface area contributed by atoms with E-state index in [0.717, 1.165) is 17.9 Å². The molecule has 0 spiro atoms. The predicted molar refractivity (Wildman–Crippen MR) is 61.5 cm³/mol. The van der Waals surface area contributed by atoms with Gasteiger partial charge in [-0.1, -0.05) is 29.5 Å². The maximum atomic E-state index is 4.21. The molecule has 0 saturated heterocycles. The standard InChI is InChI=1S/C12H11N3/c1-2-15-11-8-4-6-9-5-3-7-10(12(9)11)13-14-15/h3-8H,2H2,1H3. The minimum absolute atomic E-state index is 0.844. The molecule has 0 unspecified atom stereocenters. The molecule has 1 aliphatic heterocycles. The summed E-state index contributed by atoms with van der Waals surface area (Å²) in [6.07, 6.45) is 0. The van der Waals surface area contributed by atoms with E-state index >= 15 is 0 Å². The van der Waals surface area contributed by atoms with Crippen LogP contribution in [0, 0.1) is 0 Å². The van der Waals surface area contributed by atoms with Gasteiger partial charge in [0.05, 0.1) is 11.4 Å². The van der Waals surface area contributed by atoms with Gasteiger partial charge < -0.3 is 0 Å². The Morgan fingerprint density at radius 2 is 1.93 bits per heavy atom. The summed E-state index contributed by atoms with van der Waals surface area (Å²) in [4.78, 5) is 0. The Kier molecular flexibility index (Phi) is 1.71. The Morgan fingerprint density at radius 3 is 2.73 bits per heavy atom. The third-order valence-electron chi connectivity index (χ3n) is 2.70. The molecule has 0 aliphatic carbocycles. The van der Waals surface area contributed by atoms with Gasteiger partial charge in [0.1, 0.15) is 0 Å². The van der Waals surface area contributed by atoms with Crippen molar-refractivity contribution < 1.29 is 0 Å². The van der Waals surface area contributed by atoms with Crippen LogP contribution in [-0.4, -0.2) is 6.54 Å². The molecule has 0 radical (unpaired) electrons. The minimum atomic E-state index is 0.844. The molecule has 0 N–H and O–H groups in total. The Balaban J connectivity index is 2.41. The number of nitrogens with zero attached hydrogens (tertiary/aromatic N) is 3. The van der Waals surface area contributed by atoms with Crippen molar-refractivity contribution in [3.8, 4) is 0 Å². The van der Waals surface area contributed by atoms with Crippen molar-refractivity contribution in [2.45, 2.75) is 6.92 Å². The molecule has 1 heterocycles. The number of benzene rings is 2. The molecule has 2 aromatic rings. The second kappa shape index (κ2) is 3.05. The summed E-state index contributed by atoms with van der Waals surface area (Å²) in [6, 6.07) is 12.4. The fourth-order valence-corrected chi connectivity index (χ4v) is 1.98. The topological polar surface area (TPSA) is 28.0 Å². The fourth-order valence-electron chi connectivity index (χ4n) is 1.98. The van der Waals surface area contributed by atoms with Crippen LogP contribution in [0.4, 0.5) is 11.4 Å². The van der Waals surface area contributed by atoms with Gasteiger partial charge in [-0.3, -0.25) is 0 Å². The van der Waals surface area contributed by atoms with Gasteiger partial charge in [-0.25, -0.2) is 5.01 Å². The Hall–Kier alpha value is -1.90. The van der Waals surface area contributed by atoms with Gasteiger partial charge in [-0.15, -0.1) is 5.11 Å². The Bertz CT molecular complexity index is 540. The summed E-state index contributed by atoms with van der Waals surface area (Å²) >= 11 is 0. The van der Waals surface area contributed by atoms with Gasteiger partial charge in [0.15, 0.2) is 0 Å². The van der Waals surface area contributed by atoms with Crippen LogP contribution in [0.3, 0.4) is 0 Å². The van der Waals surface area contributed by atoms with Crippen LogP contribution < -0.4 is 5.01 Å². The summed E-state index contributed by atoms with van der Waals surface area (Å²) in [5.41, 5.74) is 2.12. The maximum absolute atomic E-state index is 4.21. The first-order valence-corrected chi connectivity index (χ1v) is 5.11. The molecule has 3 rings (SSSR count). The van der Waals surface area contributed by atoms with E-state index in [2.05, 4.69) is 41.5 Å². The molecule has 0 atom stereocenters. The zero-order valence-corrected chi connectivity index (χ0v) is 8.51. The van der Waals surface area contributed by atoms with Crippen molar-refractivity contribution in [2.24, 2.45) is 10.3 Å². The monoisotopic (exact) mass is 197 g/mol. The molecular formula is C12H11N3. The molecule has 2 aromatic carbocycles. The van der Waals surface area contributed by atoms with E-state index in [1.165, 1.54) is 10.8 Å². The van der Waals surface area contributed by atoms with E-state index in [0.29, 0.717) is 0 Å². The highest BCUT2D eigenvalue weighted by Crippen LogP contribution is 2.38. The lowest BCUT2D eigenvalue weighted by Crippen LogP contribution is -2.16. The van der Waals surface area contributed by atoms with Crippen molar-refractivity contribution >= 4 is 22.1 Å².